The van der Waals surface area contributed by atoms with Gasteiger partial charge in [-0.15, -0.1) is 0 Å². The predicted octanol–water partition coefficient (Wildman–Crippen LogP) is 0.926. The van der Waals surface area contributed by atoms with Gasteiger partial charge in [-0.05, 0) is 32.6 Å². The number of amides is 1. The fourth-order valence-corrected chi connectivity index (χ4v) is 4.38. The molecule has 0 N–H and O–H groups in total. The Labute approximate surface area is 136 Å². The van der Waals surface area contributed by atoms with Crippen LogP contribution in [-0.2, 0) is 9.84 Å². The normalized spacial score (nSPS) is 20.3. The average molecular weight is 346 g/mol. The maximum Gasteiger partial charge on any atom is 0.254 e. The van der Waals surface area contributed by atoms with Gasteiger partial charge in [0.2, 0.25) is 0 Å². The molecule has 122 valence electrons. The van der Waals surface area contributed by atoms with Crippen LogP contribution in [0.3, 0.4) is 0 Å². The molecule has 0 radical (unpaired) electrons. The third-order valence-electron chi connectivity index (χ3n) is 3.67. The Bertz CT molecular complexity index is 648. The number of sulfone groups is 1. The van der Waals surface area contributed by atoms with Gasteiger partial charge < -0.3 is 9.80 Å². The summed E-state index contributed by atoms with van der Waals surface area (Å²) < 4.78 is 23.4. The summed E-state index contributed by atoms with van der Waals surface area (Å²) in [5.41, 5.74) is 0.433. The Hall–Kier alpha value is -1.18. The van der Waals surface area contributed by atoms with Gasteiger partial charge in [0, 0.05) is 30.9 Å². The molecule has 0 saturated carbocycles. The van der Waals surface area contributed by atoms with Crippen LogP contribution in [0.25, 0.3) is 0 Å². The van der Waals surface area contributed by atoms with Crippen molar-refractivity contribution in [1.82, 2.24) is 14.8 Å². The van der Waals surface area contributed by atoms with Crippen LogP contribution in [-0.4, -0.2) is 73.8 Å². The molecule has 22 heavy (non-hydrogen) atoms. The van der Waals surface area contributed by atoms with Crippen molar-refractivity contribution >= 4 is 27.3 Å². The first kappa shape index (κ1) is 17.2. The molecule has 0 aromatic carbocycles. The van der Waals surface area contributed by atoms with Crippen molar-refractivity contribution in [3.05, 3.63) is 29.0 Å². The lowest BCUT2D eigenvalue weighted by Gasteiger charge is -2.29. The molecule has 1 atom stereocenters. The van der Waals surface area contributed by atoms with Crippen LogP contribution in [0.4, 0.5) is 0 Å². The molecule has 0 bridgehead atoms. The lowest BCUT2D eigenvalue weighted by Crippen LogP contribution is -2.44. The van der Waals surface area contributed by atoms with Crippen LogP contribution >= 0.6 is 11.6 Å². The minimum Gasteiger partial charge on any atom is -0.333 e. The molecule has 2 rings (SSSR count). The fourth-order valence-electron chi connectivity index (χ4n) is 2.48. The number of likely N-dealkylation sites (N-methyl/N-ethyl adjacent to an activating group) is 1. The standard InChI is InChI=1S/C14H20ClN3O3S/c1-17(2)6-7-18(12-4-8-22(20,21)10-12)14(19)11-3-5-16-13(15)9-11/h3,5,9,12H,4,6-8,10H2,1-2H3. The maximum atomic E-state index is 12.7. The van der Waals surface area contributed by atoms with E-state index in [4.69, 9.17) is 11.6 Å². The Balaban J connectivity index is 2.22. The van der Waals surface area contributed by atoms with Crippen molar-refractivity contribution in [2.45, 2.75) is 12.5 Å². The molecule has 1 saturated heterocycles. The number of hydrogen-bond donors (Lipinski definition) is 0. The van der Waals surface area contributed by atoms with Crippen LogP contribution in [0.2, 0.25) is 5.15 Å². The largest absolute Gasteiger partial charge is 0.333 e. The van der Waals surface area contributed by atoms with Crippen LogP contribution in [0, 0.1) is 0 Å². The van der Waals surface area contributed by atoms with E-state index in [9.17, 15) is 13.2 Å². The van der Waals surface area contributed by atoms with E-state index in [-0.39, 0.29) is 28.6 Å². The van der Waals surface area contributed by atoms with Crippen molar-refractivity contribution in [3.63, 3.8) is 0 Å². The first-order valence-corrected chi connectivity index (χ1v) is 9.26. The van der Waals surface area contributed by atoms with E-state index in [0.29, 0.717) is 25.1 Å². The van der Waals surface area contributed by atoms with Gasteiger partial charge in [0.1, 0.15) is 5.15 Å². The summed E-state index contributed by atoms with van der Waals surface area (Å²) in [7, 11) is 0.779. The number of halogens is 1. The van der Waals surface area contributed by atoms with Crippen molar-refractivity contribution in [3.8, 4) is 0 Å². The molecule has 1 unspecified atom stereocenters. The predicted molar refractivity (Wildman–Crippen MR) is 85.9 cm³/mol. The summed E-state index contributed by atoms with van der Waals surface area (Å²) in [6.45, 7) is 1.15. The molecule has 1 aromatic rings. The summed E-state index contributed by atoms with van der Waals surface area (Å²) in [5, 5.41) is 0.248. The number of carbonyl (C=O) groups is 1. The molecular formula is C14H20ClN3O3S. The Morgan fingerprint density at radius 3 is 2.68 bits per heavy atom. The molecule has 1 aliphatic rings. The highest BCUT2D eigenvalue weighted by Crippen LogP contribution is 2.20. The topological polar surface area (TPSA) is 70.6 Å². The van der Waals surface area contributed by atoms with Gasteiger partial charge in [0.15, 0.2) is 9.84 Å². The number of aromatic nitrogens is 1. The first-order chi connectivity index (χ1) is 10.3. The summed E-state index contributed by atoms with van der Waals surface area (Å²) >= 11 is 5.84. The zero-order valence-corrected chi connectivity index (χ0v) is 14.3. The molecule has 1 aliphatic heterocycles. The minimum atomic E-state index is -3.05. The van der Waals surface area contributed by atoms with E-state index in [1.54, 1.807) is 11.0 Å². The van der Waals surface area contributed by atoms with Gasteiger partial charge in [-0.3, -0.25) is 4.79 Å². The molecule has 2 heterocycles. The highest BCUT2D eigenvalue weighted by molar-refractivity contribution is 7.91. The molecule has 0 spiro atoms. The van der Waals surface area contributed by atoms with Crippen molar-refractivity contribution in [2.75, 3.05) is 38.7 Å². The average Bonchev–Trinajstić information content (AvgIpc) is 2.78. The van der Waals surface area contributed by atoms with E-state index < -0.39 is 9.84 Å². The number of rotatable bonds is 5. The van der Waals surface area contributed by atoms with E-state index in [0.717, 1.165) is 0 Å². The van der Waals surface area contributed by atoms with Crippen LogP contribution in [0.15, 0.2) is 18.3 Å². The van der Waals surface area contributed by atoms with E-state index in [1.807, 2.05) is 19.0 Å². The maximum absolute atomic E-state index is 12.7. The Morgan fingerprint density at radius 2 is 2.14 bits per heavy atom. The molecule has 1 amide bonds. The summed E-state index contributed by atoms with van der Waals surface area (Å²) in [6.07, 6.45) is 1.96. The smallest absolute Gasteiger partial charge is 0.254 e. The van der Waals surface area contributed by atoms with E-state index >= 15 is 0 Å². The van der Waals surface area contributed by atoms with Crippen molar-refractivity contribution in [2.24, 2.45) is 0 Å². The zero-order chi connectivity index (χ0) is 16.3. The summed E-state index contributed by atoms with van der Waals surface area (Å²) in [5.74, 6) is -0.0286. The third kappa shape index (κ3) is 4.41. The van der Waals surface area contributed by atoms with Gasteiger partial charge in [0.05, 0.1) is 11.5 Å². The lowest BCUT2D eigenvalue weighted by atomic mass is 10.1. The number of carbonyl (C=O) groups excluding carboxylic acids is 1. The second-order valence-electron chi connectivity index (χ2n) is 5.73. The molecule has 1 aromatic heterocycles. The van der Waals surface area contributed by atoms with Crippen LogP contribution in [0.5, 0.6) is 0 Å². The molecule has 6 nitrogen and oxygen atoms in total. The fraction of sp³-hybridized carbons (Fsp3) is 0.571. The summed E-state index contributed by atoms with van der Waals surface area (Å²) in [4.78, 5) is 20.2. The quantitative estimate of drug-likeness (QED) is 0.742. The Kier molecular flexibility index (Phi) is 5.41. The number of hydrogen-bond acceptors (Lipinski definition) is 5. The van der Waals surface area contributed by atoms with Crippen LogP contribution < -0.4 is 0 Å². The third-order valence-corrected chi connectivity index (χ3v) is 5.63. The first-order valence-electron chi connectivity index (χ1n) is 7.06. The number of nitrogens with zero attached hydrogens (tertiary/aromatic N) is 3. The van der Waals surface area contributed by atoms with Gasteiger partial charge >= 0.3 is 0 Å². The van der Waals surface area contributed by atoms with Gasteiger partial charge in [-0.25, -0.2) is 13.4 Å². The van der Waals surface area contributed by atoms with Gasteiger partial charge in [-0.2, -0.15) is 0 Å². The van der Waals surface area contributed by atoms with Gasteiger partial charge in [-0.1, -0.05) is 11.6 Å². The number of pyridine rings is 1. The summed E-state index contributed by atoms with van der Waals surface area (Å²) in [6, 6.07) is 2.83. The Morgan fingerprint density at radius 1 is 1.41 bits per heavy atom. The lowest BCUT2D eigenvalue weighted by molar-refractivity contribution is 0.0683. The molecule has 8 heteroatoms. The highest BCUT2D eigenvalue weighted by atomic mass is 35.5. The van der Waals surface area contributed by atoms with Crippen molar-refractivity contribution < 1.29 is 13.2 Å². The van der Waals surface area contributed by atoms with E-state index in [1.165, 1.54) is 12.3 Å². The SMILES string of the molecule is CN(C)CCN(C(=O)c1ccnc(Cl)c1)C1CCS(=O)(=O)C1. The highest BCUT2D eigenvalue weighted by Gasteiger charge is 2.34. The second kappa shape index (κ2) is 6.93. The minimum absolute atomic E-state index is 0.0327. The monoisotopic (exact) mass is 345 g/mol. The van der Waals surface area contributed by atoms with E-state index in [2.05, 4.69) is 4.98 Å². The van der Waals surface area contributed by atoms with Crippen molar-refractivity contribution in [1.29, 1.82) is 0 Å². The second-order valence-corrected chi connectivity index (χ2v) is 8.34. The molecule has 1 fully saturated rings. The van der Waals surface area contributed by atoms with Gasteiger partial charge in [0.25, 0.3) is 5.91 Å². The zero-order valence-electron chi connectivity index (χ0n) is 12.7. The molecule has 0 aliphatic carbocycles. The van der Waals surface area contributed by atoms with Crippen LogP contribution in [0.1, 0.15) is 16.8 Å². The molecular weight excluding hydrogens is 326 g/mol.